The van der Waals surface area contributed by atoms with E-state index in [9.17, 15) is 18.4 Å². The molecule has 0 bridgehead atoms. The molecule has 47 heavy (non-hydrogen) atoms. The number of hydrogen-bond donors (Lipinski definition) is 1. The van der Waals surface area contributed by atoms with Crippen molar-refractivity contribution in [2.45, 2.75) is 84.4 Å². The standard InChI is InChI=1S/C33H46F2N8O4/c1-8-24(34)10-11-25(35)16-22-19-42(20-27(22)38-32(45)46-33(5,6)7)30-36-17-23(18-37-30)29(44)43(9-2)26-12-14-41(15-13-26)31-39-28(21(3)4)40-47-31/h8,10-11,17-18,21-22,26-27H,1,9,12-16,19-20H2,2-7H3,(H,38,45)/b24-10+,25-11+/t22-,27-/m0/s1. The van der Waals surface area contributed by atoms with Crippen LogP contribution in [0.15, 0.2) is 53.4 Å². The molecule has 2 aromatic heterocycles. The van der Waals surface area contributed by atoms with E-state index in [0.717, 1.165) is 31.1 Å². The van der Waals surface area contributed by atoms with Gasteiger partial charge in [0.15, 0.2) is 5.82 Å². The first-order valence-electron chi connectivity index (χ1n) is 16.1. The summed E-state index contributed by atoms with van der Waals surface area (Å²) >= 11 is 0. The molecule has 256 valence electrons. The van der Waals surface area contributed by atoms with E-state index in [1.165, 1.54) is 12.4 Å². The number of anilines is 2. The minimum absolute atomic E-state index is 0.0349. The molecule has 14 heteroatoms. The maximum Gasteiger partial charge on any atom is 0.407 e. The van der Waals surface area contributed by atoms with Gasteiger partial charge in [0.25, 0.3) is 5.91 Å². The van der Waals surface area contributed by atoms with Crippen LogP contribution in [0.2, 0.25) is 0 Å². The molecule has 12 nitrogen and oxygen atoms in total. The number of carbonyl (C=O) groups is 2. The molecule has 0 aliphatic carbocycles. The molecule has 0 spiro atoms. The maximum atomic E-state index is 14.8. The summed E-state index contributed by atoms with van der Waals surface area (Å²) in [6.07, 6.45) is 6.87. The summed E-state index contributed by atoms with van der Waals surface area (Å²) < 4.78 is 39.1. The Morgan fingerprint density at radius 2 is 1.83 bits per heavy atom. The van der Waals surface area contributed by atoms with Crippen LogP contribution in [0.1, 0.15) is 82.9 Å². The summed E-state index contributed by atoms with van der Waals surface area (Å²) in [5.74, 6) is -0.546. The van der Waals surface area contributed by atoms with Crippen molar-refractivity contribution >= 4 is 24.0 Å². The highest BCUT2D eigenvalue weighted by molar-refractivity contribution is 5.94. The van der Waals surface area contributed by atoms with Gasteiger partial charge in [0.2, 0.25) is 5.95 Å². The van der Waals surface area contributed by atoms with Crippen LogP contribution in [0.4, 0.5) is 25.5 Å². The lowest BCUT2D eigenvalue weighted by molar-refractivity contribution is 0.0496. The van der Waals surface area contributed by atoms with Crippen molar-refractivity contribution in [3.8, 4) is 0 Å². The smallest absolute Gasteiger partial charge is 0.407 e. The number of alkyl carbamates (subject to hydrolysis) is 1. The minimum atomic E-state index is -0.712. The first-order valence-corrected chi connectivity index (χ1v) is 16.1. The van der Waals surface area contributed by atoms with Crippen LogP contribution in [0.3, 0.4) is 0 Å². The third-order valence-corrected chi connectivity index (χ3v) is 8.11. The Morgan fingerprint density at radius 3 is 2.40 bits per heavy atom. The number of amides is 2. The lowest BCUT2D eigenvalue weighted by Crippen LogP contribution is -2.47. The van der Waals surface area contributed by atoms with Crippen LogP contribution in [-0.2, 0) is 4.74 Å². The van der Waals surface area contributed by atoms with Crippen molar-refractivity contribution in [1.82, 2.24) is 30.3 Å². The predicted molar refractivity (Wildman–Crippen MR) is 174 cm³/mol. The third-order valence-electron chi connectivity index (χ3n) is 8.11. The van der Waals surface area contributed by atoms with Gasteiger partial charge in [0, 0.05) is 69.4 Å². The molecule has 2 amide bonds. The average Bonchev–Trinajstić information content (AvgIpc) is 3.68. The number of piperidine rings is 1. The van der Waals surface area contributed by atoms with Crippen LogP contribution < -0.4 is 15.1 Å². The van der Waals surface area contributed by atoms with E-state index in [1.54, 1.807) is 20.8 Å². The molecule has 0 unspecified atom stereocenters. The van der Waals surface area contributed by atoms with Crippen molar-refractivity contribution in [3.63, 3.8) is 0 Å². The molecule has 4 heterocycles. The number of allylic oxidation sites excluding steroid dienone is 5. The van der Waals surface area contributed by atoms with E-state index >= 15 is 0 Å². The molecule has 2 atom stereocenters. The van der Waals surface area contributed by atoms with Crippen molar-refractivity contribution in [2.24, 2.45) is 5.92 Å². The van der Waals surface area contributed by atoms with E-state index in [-0.39, 0.29) is 30.2 Å². The number of carbonyl (C=O) groups excluding carboxylic acids is 2. The number of hydrogen-bond acceptors (Lipinski definition) is 10. The lowest BCUT2D eigenvalue weighted by Gasteiger charge is -2.37. The minimum Gasteiger partial charge on any atom is -0.444 e. The number of rotatable bonds is 11. The van der Waals surface area contributed by atoms with E-state index in [1.807, 2.05) is 30.6 Å². The van der Waals surface area contributed by atoms with Crippen molar-refractivity contribution < 1.29 is 27.6 Å². The summed E-state index contributed by atoms with van der Waals surface area (Å²) in [5, 5.41) is 6.90. The van der Waals surface area contributed by atoms with E-state index in [0.29, 0.717) is 56.1 Å². The van der Waals surface area contributed by atoms with Crippen molar-refractivity contribution in [2.75, 3.05) is 42.5 Å². The van der Waals surface area contributed by atoms with Gasteiger partial charge in [-0.1, -0.05) is 25.6 Å². The summed E-state index contributed by atoms with van der Waals surface area (Å²) in [7, 11) is 0. The number of nitrogens with one attached hydrogen (secondary N) is 1. The fourth-order valence-electron chi connectivity index (χ4n) is 5.71. The van der Waals surface area contributed by atoms with Crippen LogP contribution in [0.5, 0.6) is 0 Å². The van der Waals surface area contributed by atoms with Crippen LogP contribution in [0, 0.1) is 5.92 Å². The van der Waals surface area contributed by atoms with Crippen molar-refractivity contribution in [1.29, 1.82) is 0 Å². The lowest BCUT2D eigenvalue weighted by atomic mass is 9.99. The number of ether oxygens (including phenoxy) is 1. The Labute approximate surface area is 274 Å². The van der Waals surface area contributed by atoms with E-state index in [4.69, 9.17) is 9.26 Å². The van der Waals surface area contributed by atoms with Gasteiger partial charge >= 0.3 is 12.1 Å². The Hall–Kier alpha value is -4.36. The SMILES string of the molecule is C=C/C(F)=C\C=C(\F)C[C@H]1CN(c2ncc(C(=O)N(CC)C3CCN(c4nc(C(C)C)no4)CC3)cn2)C[C@@H]1NC(=O)OC(C)(C)C. The molecule has 0 aromatic carbocycles. The second-order valence-corrected chi connectivity index (χ2v) is 13.2. The van der Waals surface area contributed by atoms with Crippen LogP contribution in [0.25, 0.3) is 0 Å². The highest BCUT2D eigenvalue weighted by atomic mass is 19.1. The average molecular weight is 657 g/mol. The van der Waals surface area contributed by atoms with Crippen LogP contribution >= 0.6 is 0 Å². The predicted octanol–water partition coefficient (Wildman–Crippen LogP) is 5.73. The number of halogens is 2. The molecular formula is C33H46F2N8O4. The summed E-state index contributed by atoms with van der Waals surface area (Å²) in [5.41, 5.74) is -0.350. The third kappa shape index (κ3) is 9.58. The Kier molecular flexibility index (Phi) is 11.7. The van der Waals surface area contributed by atoms with Gasteiger partial charge in [0.1, 0.15) is 17.3 Å². The molecule has 4 rings (SSSR count). The molecule has 2 aliphatic heterocycles. The zero-order valence-electron chi connectivity index (χ0n) is 28.1. The van der Waals surface area contributed by atoms with Gasteiger partial charge in [-0.15, -0.1) is 0 Å². The van der Waals surface area contributed by atoms with E-state index < -0.39 is 29.4 Å². The van der Waals surface area contributed by atoms with Gasteiger partial charge in [-0.2, -0.15) is 4.98 Å². The highest BCUT2D eigenvalue weighted by Gasteiger charge is 2.37. The van der Waals surface area contributed by atoms with Gasteiger partial charge in [-0.25, -0.2) is 23.5 Å². The monoisotopic (exact) mass is 656 g/mol. The fourth-order valence-corrected chi connectivity index (χ4v) is 5.71. The second kappa shape index (κ2) is 15.5. The Morgan fingerprint density at radius 1 is 1.15 bits per heavy atom. The van der Waals surface area contributed by atoms with Gasteiger partial charge in [0.05, 0.1) is 11.6 Å². The van der Waals surface area contributed by atoms with Gasteiger partial charge in [-0.05, 0) is 58.8 Å². The molecule has 1 N–H and O–H groups in total. The summed E-state index contributed by atoms with van der Waals surface area (Å²) in [6, 6.07) is 0.0517. The van der Waals surface area contributed by atoms with Gasteiger partial charge in [-0.3, -0.25) is 4.79 Å². The molecule has 0 radical (unpaired) electrons. The first-order chi connectivity index (χ1) is 22.3. The number of nitrogens with zero attached hydrogens (tertiary/aromatic N) is 7. The molecule has 2 saturated heterocycles. The quantitative estimate of drug-likeness (QED) is 0.300. The Balaban J connectivity index is 1.41. The molecule has 2 fully saturated rings. The molecule has 2 aliphatic rings. The largest absolute Gasteiger partial charge is 0.444 e. The zero-order chi connectivity index (χ0) is 34.3. The van der Waals surface area contributed by atoms with Crippen molar-refractivity contribution in [3.05, 3.63) is 60.2 Å². The Bertz CT molecular complexity index is 1450. The second-order valence-electron chi connectivity index (χ2n) is 13.2. The van der Waals surface area contributed by atoms with Crippen LogP contribution in [-0.4, -0.2) is 87.4 Å². The molecular weight excluding hydrogens is 610 g/mol. The summed E-state index contributed by atoms with van der Waals surface area (Å²) in [6.45, 7) is 17.1. The maximum absolute atomic E-state index is 14.8. The first kappa shape index (κ1) is 35.5. The molecule has 0 saturated carbocycles. The summed E-state index contributed by atoms with van der Waals surface area (Å²) in [4.78, 5) is 45.3. The zero-order valence-corrected chi connectivity index (χ0v) is 28.1. The van der Waals surface area contributed by atoms with Gasteiger partial charge < -0.3 is 29.3 Å². The number of aromatic nitrogens is 4. The fraction of sp³-hybridized carbons (Fsp3) is 0.576. The topological polar surface area (TPSA) is 130 Å². The van der Waals surface area contributed by atoms with E-state index in [2.05, 4.69) is 36.9 Å². The molecule has 2 aromatic rings. The highest BCUT2D eigenvalue weighted by Crippen LogP contribution is 2.28. The normalized spacial score (nSPS) is 19.7.